The van der Waals surface area contributed by atoms with E-state index in [2.05, 4.69) is 10.2 Å². The van der Waals surface area contributed by atoms with E-state index in [4.69, 9.17) is 16.3 Å². The van der Waals surface area contributed by atoms with Crippen LogP contribution in [0.3, 0.4) is 0 Å². The summed E-state index contributed by atoms with van der Waals surface area (Å²) in [6.45, 7) is 6.91. The first kappa shape index (κ1) is 21.1. The number of nitrogens with one attached hydrogen (secondary N) is 1. The van der Waals surface area contributed by atoms with Crippen molar-refractivity contribution < 1.29 is 14.3 Å². The third-order valence-corrected chi connectivity index (χ3v) is 5.05. The SMILES string of the molecule is CC(C)Oc1cccc(C(=O)Nc2cc(C(=O)N3CCN(C)CC3)ccc2Cl)c1. The van der Waals surface area contributed by atoms with E-state index in [0.717, 1.165) is 13.1 Å². The fourth-order valence-corrected chi connectivity index (χ4v) is 3.29. The average molecular weight is 416 g/mol. The van der Waals surface area contributed by atoms with E-state index >= 15 is 0 Å². The largest absolute Gasteiger partial charge is 0.491 e. The van der Waals surface area contributed by atoms with Gasteiger partial charge in [0.15, 0.2) is 0 Å². The van der Waals surface area contributed by atoms with Gasteiger partial charge in [0.1, 0.15) is 5.75 Å². The van der Waals surface area contributed by atoms with Gasteiger partial charge in [-0.2, -0.15) is 0 Å². The molecule has 1 N–H and O–H groups in total. The molecule has 0 aliphatic carbocycles. The van der Waals surface area contributed by atoms with Gasteiger partial charge in [-0.3, -0.25) is 9.59 Å². The van der Waals surface area contributed by atoms with Crippen LogP contribution in [0.25, 0.3) is 0 Å². The second-order valence-corrected chi connectivity index (χ2v) is 7.85. The predicted molar refractivity (Wildman–Crippen MR) is 115 cm³/mol. The molecule has 1 saturated heterocycles. The molecule has 0 bridgehead atoms. The predicted octanol–water partition coefficient (Wildman–Crippen LogP) is 3.77. The Kier molecular flexibility index (Phi) is 6.77. The molecule has 3 rings (SSSR count). The van der Waals surface area contributed by atoms with Gasteiger partial charge in [-0.05, 0) is 57.3 Å². The number of amides is 2. The molecule has 2 amide bonds. The molecule has 1 heterocycles. The normalized spacial score (nSPS) is 14.7. The fourth-order valence-electron chi connectivity index (χ4n) is 3.12. The standard InChI is InChI=1S/C22H26ClN3O3/c1-15(2)29-18-6-4-5-16(13-18)21(27)24-20-14-17(7-8-19(20)23)22(28)26-11-9-25(3)10-12-26/h4-8,13-15H,9-12H2,1-3H3,(H,24,27). The highest BCUT2D eigenvalue weighted by Crippen LogP contribution is 2.25. The molecule has 1 aliphatic heterocycles. The number of likely N-dealkylation sites (N-methyl/N-ethyl adjacent to an activating group) is 1. The van der Waals surface area contributed by atoms with Crippen LogP contribution in [0.1, 0.15) is 34.6 Å². The highest BCUT2D eigenvalue weighted by molar-refractivity contribution is 6.34. The molecule has 0 spiro atoms. The van der Waals surface area contributed by atoms with Gasteiger partial charge in [0, 0.05) is 37.3 Å². The molecule has 1 fully saturated rings. The van der Waals surface area contributed by atoms with Crippen LogP contribution in [0, 0.1) is 0 Å². The lowest BCUT2D eigenvalue weighted by Gasteiger charge is -2.32. The minimum Gasteiger partial charge on any atom is -0.491 e. The molecule has 29 heavy (non-hydrogen) atoms. The second kappa shape index (κ2) is 9.29. The molecule has 0 aromatic heterocycles. The third kappa shape index (κ3) is 5.49. The number of ether oxygens (including phenoxy) is 1. The number of anilines is 1. The van der Waals surface area contributed by atoms with Crippen molar-refractivity contribution in [3.05, 3.63) is 58.6 Å². The highest BCUT2D eigenvalue weighted by Gasteiger charge is 2.21. The first-order valence-electron chi connectivity index (χ1n) is 9.69. The number of piperazine rings is 1. The van der Waals surface area contributed by atoms with Crippen LogP contribution in [0.4, 0.5) is 5.69 Å². The van der Waals surface area contributed by atoms with Crippen LogP contribution in [0.15, 0.2) is 42.5 Å². The number of rotatable bonds is 5. The van der Waals surface area contributed by atoms with Gasteiger partial charge >= 0.3 is 0 Å². The van der Waals surface area contributed by atoms with Crippen molar-refractivity contribution in [2.75, 3.05) is 38.5 Å². The topological polar surface area (TPSA) is 61.9 Å². The molecule has 0 saturated carbocycles. The minimum atomic E-state index is -0.315. The maximum Gasteiger partial charge on any atom is 0.255 e. The Morgan fingerprint density at radius 3 is 2.45 bits per heavy atom. The van der Waals surface area contributed by atoms with E-state index in [1.165, 1.54) is 0 Å². The smallest absolute Gasteiger partial charge is 0.255 e. The number of nitrogens with zero attached hydrogens (tertiary/aromatic N) is 2. The quantitative estimate of drug-likeness (QED) is 0.807. The zero-order chi connectivity index (χ0) is 21.0. The number of carbonyl (C=O) groups excluding carboxylic acids is 2. The second-order valence-electron chi connectivity index (χ2n) is 7.44. The van der Waals surface area contributed by atoms with Crippen LogP contribution in [-0.4, -0.2) is 60.9 Å². The highest BCUT2D eigenvalue weighted by atomic mass is 35.5. The van der Waals surface area contributed by atoms with Crippen LogP contribution >= 0.6 is 11.6 Å². The summed E-state index contributed by atoms with van der Waals surface area (Å²) in [5.41, 5.74) is 1.37. The molecule has 6 nitrogen and oxygen atoms in total. The van der Waals surface area contributed by atoms with Crippen molar-refractivity contribution >= 4 is 29.1 Å². The van der Waals surface area contributed by atoms with Gasteiger partial charge < -0.3 is 19.9 Å². The Hall–Kier alpha value is -2.57. The minimum absolute atomic E-state index is 0.0139. The Balaban J connectivity index is 1.75. The lowest BCUT2D eigenvalue weighted by atomic mass is 10.1. The summed E-state index contributed by atoms with van der Waals surface area (Å²) in [6, 6.07) is 11.9. The fraction of sp³-hybridized carbons (Fsp3) is 0.364. The molecule has 0 unspecified atom stereocenters. The Morgan fingerprint density at radius 2 is 1.76 bits per heavy atom. The molecule has 154 valence electrons. The summed E-state index contributed by atoms with van der Waals surface area (Å²) < 4.78 is 5.64. The van der Waals surface area contributed by atoms with E-state index in [1.807, 2.05) is 25.8 Å². The Bertz CT molecular complexity index is 893. The molecule has 0 radical (unpaired) electrons. The molecule has 1 aliphatic rings. The molecule has 2 aromatic carbocycles. The summed E-state index contributed by atoms with van der Waals surface area (Å²) in [7, 11) is 2.04. The lowest BCUT2D eigenvalue weighted by molar-refractivity contribution is 0.0664. The van der Waals surface area contributed by atoms with Crippen molar-refractivity contribution in [3.63, 3.8) is 0 Å². The molecule has 7 heteroatoms. The van der Waals surface area contributed by atoms with Crippen molar-refractivity contribution in [1.29, 1.82) is 0 Å². The van der Waals surface area contributed by atoms with Gasteiger partial charge in [0.2, 0.25) is 0 Å². The average Bonchev–Trinajstić information content (AvgIpc) is 2.69. The number of carbonyl (C=O) groups is 2. The molecular weight excluding hydrogens is 390 g/mol. The van der Waals surface area contributed by atoms with Gasteiger partial charge in [-0.15, -0.1) is 0 Å². The van der Waals surface area contributed by atoms with E-state index in [9.17, 15) is 9.59 Å². The first-order valence-corrected chi connectivity index (χ1v) is 10.1. The summed E-state index contributed by atoms with van der Waals surface area (Å²) >= 11 is 6.27. The van der Waals surface area contributed by atoms with Crippen molar-refractivity contribution in [2.24, 2.45) is 0 Å². The number of halogens is 1. The van der Waals surface area contributed by atoms with E-state index < -0.39 is 0 Å². The number of benzene rings is 2. The molecular formula is C22H26ClN3O3. The first-order chi connectivity index (χ1) is 13.8. The number of hydrogen-bond donors (Lipinski definition) is 1. The monoisotopic (exact) mass is 415 g/mol. The van der Waals surface area contributed by atoms with Crippen molar-refractivity contribution in [2.45, 2.75) is 20.0 Å². The van der Waals surface area contributed by atoms with Gasteiger partial charge in [0.25, 0.3) is 11.8 Å². The van der Waals surface area contributed by atoms with E-state index in [0.29, 0.717) is 40.7 Å². The van der Waals surface area contributed by atoms with Crippen molar-refractivity contribution in [1.82, 2.24) is 9.80 Å². The Morgan fingerprint density at radius 1 is 1.03 bits per heavy atom. The van der Waals surface area contributed by atoms with Gasteiger partial charge in [-0.25, -0.2) is 0 Å². The van der Waals surface area contributed by atoms with Crippen LogP contribution in [-0.2, 0) is 0 Å². The van der Waals surface area contributed by atoms with Gasteiger partial charge in [0.05, 0.1) is 16.8 Å². The lowest BCUT2D eigenvalue weighted by Crippen LogP contribution is -2.47. The van der Waals surface area contributed by atoms with Crippen molar-refractivity contribution in [3.8, 4) is 5.75 Å². The summed E-state index contributed by atoms with van der Waals surface area (Å²) in [5, 5.41) is 3.18. The molecule has 0 atom stereocenters. The maximum atomic E-state index is 12.8. The maximum absolute atomic E-state index is 12.8. The summed E-state index contributed by atoms with van der Waals surface area (Å²) in [4.78, 5) is 29.5. The summed E-state index contributed by atoms with van der Waals surface area (Å²) in [5.74, 6) is 0.251. The van der Waals surface area contributed by atoms with Crippen LogP contribution in [0.5, 0.6) is 5.75 Å². The van der Waals surface area contributed by atoms with E-state index in [1.54, 1.807) is 42.5 Å². The van der Waals surface area contributed by atoms with Crippen LogP contribution < -0.4 is 10.1 Å². The Labute approximate surface area is 176 Å². The number of hydrogen-bond acceptors (Lipinski definition) is 4. The summed E-state index contributed by atoms with van der Waals surface area (Å²) in [6.07, 6.45) is 0.0139. The van der Waals surface area contributed by atoms with Gasteiger partial charge in [-0.1, -0.05) is 17.7 Å². The third-order valence-electron chi connectivity index (χ3n) is 4.72. The molecule has 2 aromatic rings. The van der Waals surface area contributed by atoms with Crippen LogP contribution in [0.2, 0.25) is 5.02 Å². The van der Waals surface area contributed by atoms with E-state index in [-0.39, 0.29) is 17.9 Å². The zero-order valence-corrected chi connectivity index (χ0v) is 17.7. The zero-order valence-electron chi connectivity index (χ0n) is 16.9.